The lowest BCUT2D eigenvalue weighted by Crippen LogP contribution is -1.92. The van der Waals surface area contributed by atoms with Crippen LogP contribution in [0.1, 0.15) is 12.6 Å². The maximum atomic E-state index is 9.11. The van der Waals surface area contributed by atoms with Crippen LogP contribution < -0.4 is 0 Å². The number of aliphatic hydroxyl groups excluding tert-OH is 1. The van der Waals surface area contributed by atoms with Crippen LogP contribution in [0.5, 0.6) is 0 Å². The van der Waals surface area contributed by atoms with Crippen LogP contribution in [-0.4, -0.2) is 16.2 Å². The Labute approximate surface area is 88.9 Å². The van der Waals surface area contributed by atoms with E-state index in [2.05, 4.69) is 4.98 Å². The number of aromatic nitrogens is 1. The topological polar surface area (TPSA) is 33.1 Å². The second kappa shape index (κ2) is 4.24. The van der Waals surface area contributed by atoms with Gasteiger partial charge >= 0.3 is 0 Å². The first-order valence-electron chi connectivity index (χ1n) is 4.98. The fraction of sp³-hybridized carbons (Fsp3) is 0.154. The van der Waals surface area contributed by atoms with E-state index in [0.717, 1.165) is 16.6 Å². The minimum atomic E-state index is -0.432. The molecule has 2 nitrogen and oxygen atoms in total. The summed E-state index contributed by atoms with van der Waals surface area (Å²) in [7, 11) is 0. The fourth-order valence-electron chi connectivity index (χ4n) is 1.41. The van der Waals surface area contributed by atoms with Crippen LogP contribution in [-0.2, 0) is 0 Å². The van der Waals surface area contributed by atoms with Crippen molar-refractivity contribution in [2.75, 3.05) is 0 Å². The highest BCUT2D eigenvalue weighted by Gasteiger charge is 1.94. The van der Waals surface area contributed by atoms with Crippen molar-refractivity contribution < 1.29 is 5.11 Å². The van der Waals surface area contributed by atoms with Crippen molar-refractivity contribution >= 4 is 17.0 Å². The summed E-state index contributed by atoms with van der Waals surface area (Å²) < 4.78 is 0. The van der Waals surface area contributed by atoms with Gasteiger partial charge in [0, 0.05) is 5.39 Å². The molecule has 0 radical (unpaired) electrons. The summed E-state index contributed by atoms with van der Waals surface area (Å²) in [5.74, 6) is 0. The second-order valence-corrected chi connectivity index (χ2v) is 3.53. The lowest BCUT2D eigenvalue weighted by molar-refractivity contribution is 0.245. The Balaban J connectivity index is 2.39. The van der Waals surface area contributed by atoms with Crippen LogP contribution >= 0.6 is 0 Å². The van der Waals surface area contributed by atoms with Gasteiger partial charge in [0.25, 0.3) is 0 Å². The third kappa shape index (κ3) is 2.42. The van der Waals surface area contributed by atoms with Crippen molar-refractivity contribution in [1.82, 2.24) is 4.98 Å². The first-order chi connectivity index (χ1) is 7.25. The molecule has 1 aromatic carbocycles. The third-order valence-corrected chi connectivity index (χ3v) is 2.17. The Kier molecular flexibility index (Phi) is 2.79. The molecule has 0 bridgehead atoms. The Morgan fingerprint density at radius 1 is 1.20 bits per heavy atom. The first kappa shape index (κ1) is 9.87. The number of rotatable bonds is 2. The highest BCUT2D eigenvalue weighted by molar-refractivity contribution is 5.79. The average molecular weight is 199 g/mol. The Morgan fingerprint density at radius 3 is 2.80 bits per heavy atom. The predicted molar refractivity (Wildman–Crippen MR) is 62.5 cm³/mol. The second-order valence-electron chi connectivity index (χ2n) is 3.53. The molecule has 0 saturated carbocycles. The third-order valence-electron chi connectivity index (χ3n) is 2.17. The summed E-state index contributed by atoms with van der Waals surface area (Å²) in [6.45, 7) is 1.72. The van der Waals surface area contributed by atoms with Crippen LogP contribution in [0.4, 0.5) is 0 Å². The van der Waals surface area contributed by atoms with Crippen molar-refractivity contribution in [2.45, 2.75) is 13.0 Å². The number of para-hydroxylation sites is 1. The molecule has 2 aromatic rings. The Morgan fingerprint density at radius 2 is 2.00 bits per heavy atom. The van der Waals surface area contributed by atoms with Gasteiger partial charge < -0.3 is 5.11 Å². The van der Waals surface area contributed by atoms with Crippen molar-refractivity contribution in [3.63, 3.8) is 0 Å². The molecule has 2 heteroatoms. The minimum absolute atomic E-state index is 0.432. The SMILES string of the molecule is C[C@H](O)/C=C/c1ccc2ccccc2n1. The summed E-state index contributed by atoms with van der Waals surface area (Å²) in [6, 6.07) is 12.0. The molecule has 0 saturated heterocycles. The summed E-state index contributed by atoms with van der Waals surface area (Å²) in [5, 5.41) is 10.2. The lowest BCUT2D eigenvalue weighted by Gasteiger charge is -1.98. The molecule has 0 aliphatic heterocycles. The van der Waals surface area contributed by atoms with Crippen molar-refractivity contribution in [3.8, 4) is 0 Å². The molecule has 1 aromatic heterocycles. The maximum Gasteiger partial charge on any atom is 0.0709 e. The number of hydrogen-bond acceptors (Lipinski definition) is 2. The monoisotopic (exact) mass is 199 g/mol. The van der Waals surface area contributed by atoms with Crippen LogP contribution in [0, 0.1) is 0 Å². The van der Waals surface area contributed by atoms with E-state index in [-0.39, 0.29) is 0 Å². The van der Waals surface area contributed by atoms with Crippen LogP contribution in [0.25, 0.3) is 17.0 Å². The van der Waals surface area contributed by atoms with Crippen LogP contribution in [0.3, 0.4) is 0 Å². The zero-order valence-electron chi connectivity index (χ0n) is 8.59. The first-order valence-corrected chi connectivity index (χ1v) is 4.98. The Bertz CT molecular complexity index is 489. The molecule has 15 heavy (non-hydrogen) atoms. The number of benzene rings is 1. The van der Waals surface area contributed by atoms with E-state index in [1.807, 2.05) is 42.5 Å². The molecule has 2 rings (SSSR count). The van der Waals surface area contributed by atoms with E-state index >= 15 is 0 Å². The molecular weight excluding hydrogens is 186 g/mol. The molecule has 0 amide bonds. The van der Waals surface area contributed by atoms with Crippen LogP contribution in [0.15, 0.2) is 42.5 Å². The lowest BCUT2D eigenvalue weighted by atomic mass is 10.2. The van der Waals surface area contributed by atoms with Gasteiger partial charge in [0.15, 0.2) is 0 Å². The van der Waals surface area contributed by atoms with E-state index in [9.17, 15) is 0 Å². The quantitative estimate of drug-likeness (QED) is 0.806. The smallest absolute Gasteiger partial charge is 0.0709 e. The average Bonchev–Trinajstić information content (AvgIpc) is 2.26. The molecule has 0 fully saturated rings. The molecule has 0 unspecified atom stereocenters. The predicted octanol–water partition coefficient (Wildman–Crippen LogP) is 2.63. The van der Waals surface area contributed by atoms with Crippen molar-refractivity contribution in [1.29, 1.82) is 0 Å². The zero-order valence-corrected chi connectivity index (χ0v) is 8.59. The van der Waals surface area contributed by atoms with Crippen molar-refractivity contribution in [3.05, 3.63) is 48.2 Å². The van der Waals surface area contributed by atoms with E-state index < -0.39 is 6.10 Å². The summed E-state index contributed by atoms with van der Waals surface area (Å²) >= 11 is 0. The van der Waals surface area contributed by atoms with Crippen molar-refractivity contribution in [2.24, 2.45) is 0 Å². The normalized spacial score (nSPS) is 13.5. The van der Waals surface area contributed by atoms with Gasteiger partial charge in [-0.3, -0.25) is 0 Å². The van der Waals surface area contributed by atoms with E-state index in [4.69, 9.17) is 5.11 Å². The minimum Gasteiger partial charge on any atom is -0.389 e. The molecule has 1 atom stereocenters. The fourth-order valence-corrected chi connectivity index (χ4v) is 1.41. The molecule has 0 aliphatic carbocycles. The number of hydrogen-bond donors (Lipinski definition) is 1. The van der Waals surface area contributed by atoms with E-state index in [1.165, 1.54) is 0 Å². The molecule has 1 N–H and O–H groups in total. The van der Waals surface area contributed by atoms with Gasteiger partial charge in [0.05, 0.1) is 17.3 Å². The van der Waals surface area contributed by atoms with E-state index in [0.29, 0.717) is 0 Å². The highest BCUT2D eigenvalue weighted by atomic mass is 16.3. The Hall–Kier alpha value is -1.67. The zero-order chi connectivity index (χ0) is 10.7. The summed E-state index contributed by atoms with van der Waals surface area (Å²) in [6.07, 6.45) is 3.12. The summed E-state index contributed by atoms with van der Waals surface area (Å²) in [4.78, 5) is 4.45. The molecule has 76 valence electrons. The largest absolute Gasteiger partial charge is 0.389 e. The standard InChI is InChI=1S/C13H13NO/c1-10(15)6-8-12-9-7-11-4-2-3-5-13(11)14-12/h2-10,15H,1H3/b8-6+/t10-/m0/s1. The van der Waals surface area contributed by atoms with Crippen LogP contribution in [0.2, 0.25) is 0 Å². The van der Waals surface area contributed by atoms with Gasteiger partial charge in [-0.1, -0.05) is 30.3 Å². The molecular formula is C13H13NO. The van der Waals surface area contributed by atoms with Gasteiger partial charge in [-0.15, -0.1) is 0 Å². The molecule has 0 aliphatic rings. The number of pyridine rings is 1. The number of aliphatic hydroxyl groups is 1. The molecule has 1 heterocycles. The van der Waals surface area contributed by atoms with Gasteiger partial charge in [0.1, 0.15) is 0 Å². The van der Waals surface area contributed by atoms with Gasteiger partial charge in [0.2, 0.25) is 0 Å². The van der Waals surface area contributed by atoms with E-state index in [1.54, 1.807) is 13.0 Å². The maximum absolute atomic E-state index is 9.11. The summed E-state index contributed by atoms with van der Waals surface area (Å²) in [5.41, 5.74) is 1.85. The van der Waals surface area contributed by atoms with Gasteiger partial charge in [-0.25, -0.2) is 4.98 Å². The highest BCUT2D eigenvalue weighted by Crippen LogP contribution is 2.12. The van der Waals surface area contributed by atoms with Gasteiger partial charge in [-0.2, -0.15) is 0 Å². The van der Waals surface area contributed by atoms with Gasteiger partial charge in [-0.05, 0) is 25.1 Å². The molecule has 0 spiro atoms. The number of nitrogens with zero attached hydrogens (tertiary/aromatic N) is 1. The number of fused-ring (bicyclic) bond motifs is 1.